The van der Waals surface area contributed by atoms with Crippen molar-refractivity contribution in [2.24, 2.45) is 0 Å². The summed E-state index contributed by atoms with van der Waals surface area (Å²) in [5, 5.41) is 12.6. The Labute approximate surface area is 129 Å². The van der Waals surface area contributed by atoms with Gasteiger partial charge in [-0.05, 0) is 47.2 Å². The summed E-state index contributed by atoms with van der Waals surface area (Å²) in [7, 11) is 0. The van der Waals surface area contributed by atoms with Crippen LogP contribution in [0.1, 0.15) is 18.2 Å². The molecule has 1 N–H and O–H groups in total. The Balaban J connectivity index is 1.88. The van der Waals surface area contributed by atoms with Crippen molar-refractivity contribution in [3.63, 3.8) is 0 Å². The van der Waals surface area contributed by atoms with Crippen molar-refractivity contribution in [1.82, 2.24) is 9.38 Å². The number of rotatable bonds is 3. The van der Waals surface area contributed by atoms with Crippen molar-refractivity contribution in [1.29, 1.82) is 0 Å². The van der Waals surface area contributed by atoms with Gasteiger partial charge in [-0.15, -0.1) is 11.3 Å². The zero-order chi connectivity index (χ0) is 13.5. The van der Waals surface area contributed by atoms with E-state index >= 15 is 0 Å². The lowest BCUT2D eigenvalue weighted by Crippen LogP contribution is -2.24. The lowest BCUT2D eigenvalue weighted by Gasteiger charge is -2.22. The number of halogens is 1. The molecule has 98 valence electrons. The van der Waals surface area contributed by atoms with Crippen LogP contribution in [0.25, 0.3) is 4.96 Å². The molecule has 0 aliphatic heterocycles. The van der Waals surface area contributed by atoms with Gasteiger partial charge in [0.15, 0.2) is 4.96 Å². The molecule has 0 saturated heterocycles. The third kappa shape index (κ3) is 2.68. The summed E-state index contributed by atoms with van der Waals surface area (Å²) in [6.07, 6.45) is 4.48. The van der Waals surface area contributed by atoms with E-state index in [2.05, 4.69) is 27.6 Å². The van der Waals surface area contributed by atoms with E-state index in [0.29, 0.717) is 6.42 Å². The largest absolute Gasteiger partial charge is 0.385 e. The first-order valence-electron chi connectivity index (χ1n) is 5.94. The molecule has 0 radical (unpaired) electrons. The fourth-order valence-electron chi connectivity index (χ4n) is 2.12. The first-order valence-corrected chi connectivity index (χ1v) is 7.90. The zero-order valence-corrected chi connectivity index (χ0v) is 13.4. The van der Waals surface area contributed by atoms with E-state index in [1.807, 2.05) is 53.4 Å². The van der Waals surface area contributed by atoms with Crippen molar-refractivity contribution in [3.05, 3.63) is 56.9 Å². The molecule has 19 heavy (non-hydrogen) atoms. The number of fused-ring (bicyclic) bond motifs is 1. The molecule has 1 atom stereocenters. The number of imidazole rings is 1. The molecule has 0 bridgehead atoms. The van der Waals surface area contributed by atoms with E-state index in [-0.39, 0.29) is 0 Å². The quantitative estimate of drug-likeness (QED) is 0.703. The Hall–Kier alpha value is -0.920. The molecule has 3 nitrogen and oxygen atoms in total. The third-order valence-corrected chi connectivity index (χ3v) is 4.62. The van der Waals surface area contributed by atoms with Crippen LogP contribution in [0.4, 0.5) is 0 Å². The number of nitrogens with zero attached hydrogens (tertiary/aromatic N) is 2. The fraction of sp³-hybridized carbons (Fsp3) is 0.214. The normalized spacial score (nSPS) is 14.7. The Morgan fingerprint density at radius 2 is 2.11 bits per heavy atom. The van der Waals surface area contributed by atoms with Crippen LogP contribution in [-0.2, 0) is 12.0 Å². The van der Waals surface area contributed by atoms with Gasteiger partial charge in [-0.3, -0.25) is 4.40 Å². The maximum atomic E-state index is 10.6. The predicted octanol–water partition coefficient (Wildman–Crippen LogP) is 3.45. The van der Waals surface area contributed by atoms with E-state index in [1.54, 1.807) is 11.3 Å². The number of aliphatic hydroxyl groups is 1. The van der Waals surface area contributed by atoms with Crippen molar-refractivity contribution >= 4 is 38.9 Å². The molecule has 0 spiro atoms. The van der Waals surface area contributed by atoms with Crippen LogP contribution in [0.2, 0.25) is 0 Å². The Morgan fingerprint density at radius 3 is 2.79 bits per heavy atom. The summed E-state index contributed by atoms with van der Waals surface area (Å²) in [4.78, 5) is 5.49. The second kappa shape index (κ2) is 4.88. The molecule has 0 aliphatic carbocycles. The average molecular weight is 384 g/mol. The number of hydrogen-bond donors (Lipinski definition) is 1. The second-order valence-corrected chi connectivity index (χ2v) is 6.90. The summed E-state index contributed by atoms with van der Waals surface area (Å²) in [5.41, 5.74) is 0.939. The van der Waals surface area contributed by atoms with E-state index in [0.717, 1.165) is 16.2 Å². The fourth-order valence-corrected chi connectivity index (χ4v) is 3.20. The first-order chi connectivity index (χ1) is 9.04. The summed E-state index contributed by atoms with van der Waals surface area (Å²) in [6.45, 7) is 1.84. The van der Waals surface area contributed by atoms with Crippen LogP contribution in [-0.4, -0.2) is 14.5 Å². The van der Waals surface area contributed by atoms with Gasteiger partial charge < -0.3 is 5.11 Å². The minimum atomic E-state index is -0.894. The summed E-state index contributed by atoms with van der Waals surface area (Å²) in [6, 6.07) is 7.96. The van der Waals surface area contributed by atoms with Crippen LogP contribution < -0.4 is 0 Å². The molecule has 0 saturated carbocycles. The van der Waals surface area contributed by atoms with Crippen molar-refractivity contribution in [2.45, 2.75) is 18.9 Å². The monoisotopic (exact) mass is 384 g/mol. The molecule has 5 heteroatoms. The summed E-state index contributed by atoms with van der Waals surface area (Å²) in [5.74, 6) is 0. The van der Waals surface area contributed by atoms with Gasteiger partial charge in [-0.1, -0.05) is 12.1 Å². The molecule has 0 fully saturated rings. The Bertz CT molecular complexity index is 671. The van der Waals surface area contributed by atoms with Crippen LogP contribution in [0, 0.1) is 3.57 Å². The first kappa shape index (κ1) is 13.1. The zero-order valence-electron chi connectivity index (χ0n) is 10.4. The van der Waals surface area contributed by atoms with Crippen LogP contribution >= 0.6 is 33.9 Å². The average Bonchev–Trinajstić information content (AvgIpc) is 2.89. The van der Waals surface area contributed by atoms with E-state index in [9.17, 15) is 5.11 Å². The van der Waals surface area contributed by atoms with E-state index in [1.165, 1.54) is 3.57 Å². The molecule has 3 rings (SSSR count). The maximum Gasteiger partial charge on any atom is 0.193 e. The molecule has 2 aromatic heterocycles. The van der Waals surface area contributed by atoms with Gasteiger partial charge in [-0.25, -0.2) is 4.98 Å². The van der Waals surface area contributed by atoms with Gasteiger partial charge in [0, 0.05) is 27.8 Å². The number of hydrogen-bond acceptors (Lipinski definition) is 3. The molecule has 0 aliphatic rings. The molecule has 1 aromatic carbocycles. The standard InChI is InChI=1S/C14H13IN2OS/c1-14(18,10-2-4-11(15)5-3-10)8-12-9-17-6-7-19-13(17)16-12/h2-7,9,18H,8H2,1H3. The van der Waals surface area contributed by atoms with Gasteiger partial charge in [-0.2, -0.15) is 0 Å². The minimum Gasteiger partial charge on any atom is -0.385 e. The van der Waals surface area contributed by atoms with Crippen LogP contribution in [0.5, 0.6) is 0 Å². The highest BCUT2D eigenvalue weighted by Crippen LogP contribution is 2.26. The van der Waals surface area contributed by atoms with Gasteiger partial charge >= 0.3 is 0 Å². The summed E-state index contributed by atoms with van der Waals surface area (Å²) < 4.78 is 3.16. The van der Waals surface area contributed by atoms with E-state index in [4.69, 9.17) is 0 Å². The topological polar surface area (TPSA) is 37.5 Å². The highest BCUT2D eigenvalue weighted by Gasteiger charge is 2.24. The van der Waals surface area contributed by atoms with Crippen molar-refractivity contribution in [3.8, 4) is 0 Å². The smallest absolute Gasteiger partial charge is 0.193 e. The van der Waals surface area contributed by atoms with Crippen molar-refractivity contribution in [2.75, 3.05) is 0 Å². The highest BCUT2D eigenvalue weighted by molar-refractivity contribution is 14.1. The van der Waals surface area contributed by atoms with Crippen LogP contribution in [0.3, 0.4) is 0 Å². The van der Waals surface area contributed by atoms with E-state index < -0.39 is 5.60 Å². The molecular formula is C14H13IN2OS. The molecule has 2 heterocycles. The van der Waals surface area contributed by atoms with Gasteiger partial charge in [0.05, 0.1) is 11.3 Å². The number of benzene rings is 1. The molecule has 3 aromatic rings. The van der Waals surface area contributed by atoms with Gasteiger partial charge in [0.2, 0.25) is 0 Å². The third-order valence-electron chi connectivity index (χ3n) is 3.13. The highest BCUT2D eigenvalue weighted by atomic mass is 127. The molecule has 1 unspecified atom stereocenters. The number of aromatic nitrogens is 2. The SMILES string of the molecule is CC(O)(Cc1cn2ccsc2n1)c1ccc(I)cc1. The number of thiazole rings is 1. The Kier molecular flexibility index (Phi) is 3.36. The Morgan fingerprint density at radius 1 is 1.37 bits per heavy atom. The lowest BCUT2D eigenvalue weighted by atomic mass is 9.91. The lowest BCUT2D eigenvalue weighted by molar-refractivity contribution is 0.0567. The maximum absolute atomic E-state index is 10.6. The van der Waals surface area contributed by atoms with Gasteiger partial charge in [0.25, 0.3) is 0 Å². The van der Waals surface area contributed by atoms with Gasteiger partial charge in [0.1, 0.15) is 0 Å². The molecule has 0 amide bonds. The minimum absolute atomic E-state index is 0.516. The van der Waals surface area contributed by atoms with Crippen LogP contribution in [0.15, 0.2) is 42.0 Å². The summed E-state index contributed by atoms with van der Waals surface area (Å²) >= 11 is 3.86. The molecular weight excluding hydrogens is 371 g/mol. The van der Waals surface area contributed by atoms with Crippen molar-refractivity contribution < 1.29 is 5.11 Å². The second-order valence-electron chi connectivity index (χ2n) is 4.78. The predicted molar refractivity (Wildman–Crippen MR) is 85.5 cm³/mol.